The maximum absolute atomic E-state index is 13.5. The maximum atomic E-state index is 13.5. The van der Waals surface area contributed by atoms with E-state index in [2.05, 4.69) is 45.2 Å². The van der Waals surface area contributed by atoms with Crippen LogP contribution < -0.4 is 4.90 Å². The zero-order valence-corrected chi connectivity index (χ0v) is 21.1. The molecule has 1 fully saturated rings. The molecule has 170 valence electrons. The van der Waals surface area contributed by atoms with Crippen molar-refractivity contribution in [3.05, 3.63) is 82.1 Å². The summed E-state index contributed by atoms with van der Waals surface area (Å²) in [4.78, 5) is 7.54. The molecule has 3 heterocycles. The van der Waals surface area contributed by atoms with Gasteiger partial charge in [0, 0.05) is 17.6 Å². The molecular formula is C25H23BrN2O3S2. The Bertz CT molecular complexity index is 1310. The van der Waals surface area contributed by atoms with Gasteiger partial charge in [-0.3, -0.25) is 0 Å². The highest BCUT2D eigenvalue weighted by molar-refractivity contribution is 9.10. The monoisotopic (exact) mass is 542 g/mol. The molecule has 0 amide bonds. The number of nitrogens with zero attached hydrogens (tertiary/aromatic N) is 2. The van der Waals surface area contributed by atoms with Crippen LogP contribution in [-0.4, -0.2) is 26.5 Å². The number of anilines is 1. The SMILES string of the molecule is O=S(=O)(c1ccc(Br)cc1)c1nc(-c2cccs2)oc1N1CCC(Cc2ccccc2)CC1. The number of oxazole rings is 1. The molecule has 1 saturated heterocycles. The van der Waals surface area contributed by atoms with Gasteiger partial charge < -0.3 is 9.32 Å². The van der Waals surface area contributed by atoms with Gasteiger partial charge in [0.15, 0.2) is 0 Å². The third kappa shape index (κ3) is 4.78. The Morgan fingerprint density at radius 3 is 2.39 bits per heavy atom. The van der Waals surface area contributed by atoms with Crippen LogP contribution >= 0.6 is 27.3 Å². The fourth-order valence-electron chi connectivity index (χ4n) is 4.19. The standard InChI is InChI=1S/C25H23BrN2O3S2/c26-20-8-10-21(11-9-20)33(29,30)24-25(31-23(27-24)22-7-4-16-32-22)28-14-12-19(13-15-28)17-18-5-2-1-3-6-18/h1-11,16,19H,12-15,17H2. The lowest BCUT2D eigenvalue weighted by molar-refractivity contribution is 0.388. The summed E-state index contributed by atoms with van der Waals surface area (Å²) in [6.45, 7) is 1.47. The predicted molar refractivity (Wildman–Crippen MR) is 134 cm³/mol. The summed E-state index contributed by atoms with van der Waals surface area (Å²) in [5.74, 6) is 1.26. The van der Waals surface area contributed by atoms with Crippen molar-refractivity contribution in [1.29, 1.82) is 0 Å². The zero-order valence-electron chi connectivity index (χ0n) is 17.9. The Labute approximate surface area is 206 Å². The minimum atomic E-state index is -3.83. The fourth-order valence-corrected chi connectivity index (χ4v) is 6.43. The summed E-state index contributed by atoms with van der Waals surface area (Å²) in [7, 11) is -3.83. The lowest BCUT2D eigenvalue weighted by Crippen LogP contribution is -2.34. The highest BCUT2D eigenvalue weighted by Crippen LogP contribution is 2.38. The largest absolute Gasteiger partial charge is 0.418 e. The normalized spacial score (nSPS) is 15.1. The molecule has 0 bridgehead atoms. The molecule has 0 N–H and O–H groups in total. The van der Waals surface area contributed by atoms with Crippen LogP contribution in [0.1, 0.15) is 18.4 Å². The highest BCUT2D eigenvalue weighted by Gasteiger charge is 2.33. The molecule has 1 aliphatic heterocycles. The topological polar surface area (TPSA) is 63.4 Å². The number of benzene rings is 2. The van der Waals surface area contributed by atoms with Gasteiger partial charge >= 0.3 is 0 Å². The van der Waals surface area contributed by atoms with Crippen molar-refractivity contribution < 1.29 is 12.8 Å². The number of halogens is 1. The summed E-state index contributed by atoms with van der Waals surface area (Å²) in [6, 6.07) is 20.9. The van der Waals surface area contributed by atoms with Crippen LogP contribution in [0.15, 0.2) is 90.9 Å². The van der Waals surface area contributed by atoms with Gasteiger partial charge in [0.2, 0.25) is 26.6 Å². The Balaban J connectivity index is 1.44. The zero-order chi connectivity index (χ0) is 22.8. The number of hydrogen-bond donors (Lipinski definition) is 0. The second-order valence-corrected chi connectivity index (χ2v) is 11.9. The Morgan fingerprint density at radius 2 is 1.73 bits per heavy atom. The minimum Gasteiger partial charge on any atom is -0.418 e. The number of hydrogen-bond acceptors (Lipinski definition) is 6. The Kier molecular flexibility index (Phi) is 6.40. The van der Waals surface area contributed by atoms with Gasteiger partial charge in [0.25, 0.3) is 0 Å². The van der Waals surface area contributed by atoms with Crippen molar-refractivity contribution in [1.82, 2.24) is 4.98 Å². The lowest BCUT2D eigenvalue weighted by atomic mass is 9.90. The Morgan fingerprint density at radius 1 is 1.00 bits per heavy atom. The van der Waals surface area contributed by atoms with E-state index in [9.17, 15) is 8.42 Å². The van der Waals surface area contributed by atoms with Crippen LogP contribution in [0.25, 0.3) is 10.8 Å². The van der Waals surface area contributed by atoms with Crippen molar-refractivity contribution in [3.8, 4) is 10.8 Å². The van der Waals surface area contributed by atoms with E-state index in [-0.39, 0.29) is 9.92 Å². The Hall–Kier alpha value is -2.42. The molecule has 2 aromatic carbocycles. The second kappa shape index (κ2) is 9.44. The number of sulfone groups is 1. The average molecular weight is 544 g/mol. The van der Waals surface area contributed by atoms with Crippen molar-refractivity contribution >= 4 is 43.0 Å². The highest BCUT2D eigenvalue weighted by atomic mass is 79.9. The van der Waals surface area contributed by atoms with Gasteiger partial charge in [-0.15, -0.1) is 11.3 Å². The number of rotatable bonds is 6. The van der Waals surface area contributed by atoms with Crippen LogP contribution in [0.5, 0.6) is 0 Å². The molecule has 33 heavy (non-hydrogen) atoms. The van der Waals surface area contributed by atoms with E-state index in [1.54, 1.807) is 24.3 Å². The first-order valence-corrected chi connectivity index (χ1v) is 14.0. The predicted octanol–water partition coefficient (Wildman–Crippen LogP) is 6.46. The molecule has 0 unspecified atom stereocenters. The first-order valence-electron chi connectivity index (χ1n) is 10.8. The maximum Gasteiger partial charge on any atom is 0.240 e. The number of piperidine rings is 1. The van der Waals surface area contributed by atoms with E-state index >= 15 is 0 Å². The third-order valence-corrected chi connectivity index (χ3v) is 9.01. The van der Waals surface area contributed by atoms with Crippen molar-refractivity contribution in [2.45, 2.75) is 29.2 Å². The van der Waals surface area contributed by atoms with E-state index in [1.165, 1.54) is 16.9 Å². The summed E-state index contributed by atoms with van der Waals surface area (Å²) < 4.78 is 34.0. The first kappa shape index (κ1) is 22.4. The van der Waals surface area contributed by atoms with Crippen LogP contribution in [0.4, 0.5) is 5.88 Å². The quantitative estimate of drug-likeness (QED) is 0.280. The summed E-state index contributed by atoms with van der Waals surface area (Å²) in [6.07, 6.45) is 2.99. The molecular weight excluding hydrogens is 520 g/mol. The fraction of sp³-hybridized carbons (Fsp3) is 0.240. The number of aromatic nitrogens is 1. The van der Waals surface area contributed by atoms with Crippen LogP contribution in [0.3, 0.4) is 0 Å². The van der Waals surface area contributed by atoms with E-state index in [4.69, 9.17) is 4.42 Å². The van der Waals surface area contributed by atoms with Gasteiger partial charge in [-0.25, -0.2) is 8.42 Å². The number of thiophene rings is 1. The smallest absolute Gasteiger partial charge is 0.240 e. The van der Waals surface area contributed by atoms with Crippen LogP contribution in [0, 0.1) is 5.92 Å². The molecule has 2 aromatic heterocycles. The van der Waals surface area contributed by atoms with Gasteiger partial charge in [-0.1, -0.05) is 52.3 Å². The van der Waals surface area contributed by atoms with Crippen molar-refractivity contribution in [2.24, 2.45) is 5.92 Å². The summed E-state index contributed by atoms with van der Waals surface area (Å²) in [5.41, 5.74) is 1.34. The van der Waals surface area contributed by atoms with Crippen LogP contribution in [-0.2, 0) is 16.3 Å². The van der Waals surface area contributed by atoms with E-state index in [1.807, 2.05) is 28.5 Å². The van der Waals surface area contributed by atoms with Gasteiger partial charge in [0.05, 0.1) is 9.77 Å². The molecule has 0 radical (unpaired) electrons. The molecule has 0 atom stereocenters. The second-order valence-electron chi connectivity index (χ2n) is 8.18. The molecule has 4 aromatic rings. The lowest BCUT2D eigenvalue weighted by Gasteiger charge is -2.32. The molecule has 5 nitrogen and oxygen atoms in total. The summed E-state index contributed by atoms with van der Waals surface area (Å²) >= 11 is 4.85. The van der Waals surface area contributed by atoms with E-state index in [0.29, 0.717) is 17.7 Å². The molecule has 5 rings (SSSR count). The van der Waals surface area contributed by atoms with E-state index < -0.39 is 9.84 Å². The van der Waals surface area contributed by atoms with E-state index in [0.717, 1.165) is 41.7 Å². The minimum absolute atomic E-state index is 0.00488. The molecule has 1 aliphatic rings. The van der Waals surface area contributed by atoms with Crippen LogP contribution in [0.2, 0.25) is 0 Å². The average Bonchev–Trinajstić information content (AvgIpc) is 3.51. The third-order valence-electron chi connectivity index (χ3n) is 5.96. The van der Waals surface area contributed by atoms with Gasteiger partial charge in [-0.2, -0.15) is 4.98 Å². The molecule has 0 saturated carbocycles. The molecule has 8 heteroatoms. The molecule has 0 spiro atoms. The van der Waals surface area contributed by atoms with Gasteiger partial charge in [-0.05, 0) is 66.5 Å². The first-order chi connectivity index (χ1) is 16.0. The summed E-state index contributed by atoms with van der Waals surface area (Å²) in [5, 5.41) is 1.92. The molecule has 0 aliphatic carbocycles. The van der Waals surface area contributed by atoms with Crippen molar-refractivity contribution in [2.75, 3.05) is 18.0 Å². The van der Waals surface area contributed by atoms with Gasteiger partial charge in [0.1, 0.15) is 0 Å². The van der Waals surface area contributed by atoms with Crippen molar-refractivity contribution in [3.63, 3.8) is 0 Å².